The van der Waals surface area contributed by atoms with Crippen LogP contribution in [0.3, 0.4) is 0 Å². The molecule has 1 N–H and O–H groups in total. The second-order valence-corrected chi connectivity index (χ2v) is 21.6. The predicted octanol–water partition coefficient (Wildman–Crippen LogP) is 6.44. The first-order valence-corrected chi connectivity index (χ1v) is 18.5. The van der Waals surface area contributed by atoms with Crippen molar-refractivity contribution in [2.75, 3.05) is 7.11 Å². The number of carbonyl (C=O) groups excluding carboxylic acids is 1. The van der Waals surface area contributed by atoms with E-state index in [0.29, 0.717) is 0 Å². The first kappa shape index (κ1) is 26.7. The summed E-state index contributed by atoms with van der Waals surface area (Å²) in [7, 11) is 1.37. The Bertz CT molecular complexity index is 458. The van der Waals surface area contributed by atoms with Crippen molar-refractivity contribution in [3.05, 3.63) is 21.8 Å². The molecule has 3 nitrogen and oxygen atoms in total. The second-order valence-electron chi connectivity index (χ2n) is 8.56. The number of rotatable bonds is 14. The fraction of sp³-hybridized carbons (Fsp3) is 0.783. The number of aliphatic hydroxyl groups is 1. The number of hydrogen-bond acceptors (Lipinski definition) is 3. The minimum absolute atomic E-state index is 0.380. The maximum atomic E-state index is 12.0. The predicted molar refractivity (Wildman–Crippen MR) is 120 cm³/mol. The summed E-state index contributed by atoms with van der Waals surface area (Å²) in [4.78, 5) is 12.0. The quantitative estimate of drug-likeness (QED) is 0.174. The van der Waals surface area contributed by atoms with Gasteiger partial charge in [0, 0.05) is 0 Å². The fourth-order valence-corrected chi connectivity index (χ4v) is 17.7. The third kappa shape index (κ3) is 9.16. The summed E-state index contributed by atoms with van der Waals surface area (Å²) < 4.78 is 11.7. The van der Waals surface area contributed by atoms with Crippen LogP contribution < -0.4 is 0 Å². The van der Waals surface area contributed by atoms with Crippen molar-refractivity contribution in [1.29, 1.82) is 0 Å². The molecule has 0 aromatic heterocycles. The van der Waals surface area contributed by atoms with Gasteiger partial charge in [0.2, 0.25) is 0 Å². The molecule has 0 aliphatic rings. The van der Waals surface area contributed by atoms with E-state index in [0.717, 1.165) is 5.57 Å². The molecule has 0 bridgehead atoms. The summed E-state index contributed by atoms with van der Waals surface area (Å²) in [6.07, 6.45) is 11.2. The summed E-state index contributed by atoms with van der Waals surface area (Å²) in [5.41, 5.74) is -0.112. The Morgan fingerprint density at radius 2 is 1.48 bits per heavy atom. The molecule has 0 aromatic rings. The Labute approximate surface area is 172 Å². The molecule has 0 saturated carbocycles. The van der Waals surface area contributed by atoms with E-state index in [-0.39, 0.29) is 5.97 Å². The number of carbonyl (C=O) groups is 1. The Hall–Kier alpha value is -0.291. The zero-order valence-electron chi connectivity index (χ0n) is 18.9. The molecular weight excluding hydrogens is 443 g/mol. The first-order chi connectivity index (χ1) is 12.7. The average Bonchev–Trinajstić information content (AvgIpc) is 2.67. The van der Waals surface area contributed by atoms with Crippen LogP contribution in [0.1, 0.15) is 80.1 Å². The monoisotopic (exact) mass is 488 g/mol. The van der Waals surface area contributed by atoms with Crippen molar-refractivity contribution >= 4 is 24.3 Å². The number of ether oxygens (including phenoxy) is 1. The first-order valence-electron chi connectivity index (χ1n) is 10.8. The maximum absolute atomic E-state index is 12.0. The van der Waals surface area contributed by atoms with Gasteiger partial charge in [-0.1, -0.05) is 0 Å². The topological polar surface area (TPSA) is 46.5 Å². The summed E-state index contributed by atoms with van der Waals surface area (Å²) >= 11 is -2.30. The molecule has 0 unspecified atom stereocenters. The van der Waals surface area contributed by atoms with Crippen molar-refractivity contribution < 1.29 is 14.6 Å². The van der Waals surface area contributed by atoms with Crippen molar-refractivity contribution in [1.82, 2.24) is 0 Å². The normalized spacial score (nSPS) is 14.6. The Morgan fingerprint density at radius 3 is 1.85 bits per heavy atom. The minimum atomic E-state index is -2.30. The van der Waals surface area contributed by atoms with Crippen LogP contribution in [0, 0.1) is 5.41 Å². The van der Waals surface area contributed by atoms with Gasteiger partial charge in [-0.15, -0.1) is 0 Å². The van der Waals surface area contributed by atoms with E-state index >= 15 is 0 Å². The molecule has 4 heteroatoms. The van der Waals surface area contributed by atoms with Gasteiger partial charge in [0.15, 0.2) is 0 Å². The van der Waals surface area contributed by atoms with Gasteiger partial charge in [-0.2, -0.15) is 0 Å². The van der Waals surface area contributed by atoms with Crippen molar-refractivity contribution in [3.63, 3.8) is 0 Å². The molecular formula is C23H44O3Sn. The Balaban J connectivity index is 5.44. The van der Waals surface area contributed by atoms with Crippen molar-refractivity contribution in [3.8, 4) is 0 Å². The van der Waals surface area contributed by atoms with Gasteiger partial charge in [-0.3, -0.25) is 0 Å². The van der Waals surface area contributed by atoms with Crippen LogP contribution in [0.15, 0.2) is 21.8 Å². The van der Waals surface area contributed by atoms with Crippen molar-refractivity contribution in [2.24, 2.45) is 5.41 Å². The van der Waals surface area contributed by atoms with E-state index in [1.807, 2.05) is 13.0 Å². The Kier molecular flexibility index (Phi) is 13.7. The molecule has 0 rings (SSSR count). The molecule has 0 aliphatic carbocycles. The van der Waals surface area contributed by atoms with E-state index in [9.17, 15) is 9.90 Å². The van der Waals surface area contributed by atoms with Crippen LogP contribution in [0.2, 0.25) is 13.3 Å². The molecule has 0 aliphatic heterocycles. The molecule has 0 aromatic carbocycles. The third-order valence-corrected chi connectivity index (χ3v) is 19.8. The van der Waals surface area contributed by atoms with Crippen LogP contribution in [0.4, 0.5) is 0 Å². The van der Waals surface area contributed by atoms with Crippen LogP contribution in [0.5, 0.6) is 0 Å². The molecule has 0 radical (unpaired) electrons. The summed E-state index contributed by atoms with van der Waals surface area (Å²) in [5.74, 6) is -0.380. The second kappa shape index (κ2) is 13.8. The van der Waals surface area contributed by atoms with Crippen LogP contribution >= 0.6 is 0 Å². The van der Waals surface area contributed by atoms with E-state index in [1.54, 1.807) is 13.8 Å². The van der Waals surface area contributed by atoms with E-state index < -0.39 is 29.9 Å². The molecule has 0 heterocycles. The number of hydrogen-bond donors (Lipinski definition) is 1. The van der Waals surface area contributed by atoms with Gasteiger partial charge >= 0.3 is 173 Å². The Morgan fingerprint density at radius 1 is 1.04 bits per heavy atom. The van der Waals surface area contributed by atoms with Crippen LogP contribution in [-0.4, -0.2) is 42.7 Å². The number of allylic oxidation sites excluding steroid dienone is 2. The zero-order valence-corrected chi connectivity index (χ0v) is 21.8. The molecule has 0 spiro atoms. The van der Waals surface area contributed by atoms with E-state index in [2.05, 4.69) is 30.9 Å². The van der Waals surface area contributed by atoms with E-state index in [1.165, 1.54) is 58.9 Å². The number of esters is 1. The molecule has 0 amide bonds. The summed E-state index contributed by atoms with van der Waals surface area (Å²) in [6.45, 7) is 12.2. The SMILES string of the molecule is CCC[CH2][Sn](/[CH]=C\C=C(\C)[C@H](O)C(C)(C)C(=O)OC)([CH2]CCC)[CH2]CCC. The molecule has 1 atom stereocenters. The molecule has 0 fully saturated rings. The zero-order chi connectivity index (χ0) is 20.9. The fourth-order valence-electron chi connectivity index (χ4n) is 3.65. The molecule has 27 heavy (non-hydrogen) atoms. The average molecular weight is 487 g/mol. The summed E-state index contributed by atoms with van der Waals surface area (Å²) in [5, 5.41) is 10.6. The van der Waals surface area contributed by atoms with Gasteiger partial charge in [0.05, 0.1) is 0 Å². The number of methoxy groups -OCH3 is 1. The van der Waals surface area contributed by atoms with Crippen molar-refractivity contribution in [2.45, 2.75) is 99.5 Å². The van der Waals surface area contributed by atoms with E-state index in [4.69, 9.17) is 4.74 Å². The van der Waals surface area contributed by atoms with Gasteiger partial charge in [-0.25, -0.2) is 0 Å². The number of aliphatic hydroxyl groups excluding tert-OH is 1. The van der Waals surface area contributed by atoms with Crippen LogP contribution in [0.25, 0.3) is 0 Å². The van der Waals surface area contributed by atoms with Gasteiger partial charge in [0.1, 0.15) is 0 Å². The van der Waals surface area contributed by atoms with Crippen LogP contribution in [-0.2, 0) is 9.53 Å². The standard InChI is InChI=1S/C11H17O3.3C4H9.Sn/c1-6-7-8(2)9(12)11(3,4)10(13)14-5;3*1-3-4-2;/h1,6-7,9,12H,2-5H3;3*1,3-4H2,2H3;/b6-1?,8-7-;;;;/t9-;;;;/m0..../s1. The molecule has 158 valence electrons. The summed E-state index contributed by atoms with van der Waals surface area (Å²) in [6, 6.07) is 0. The van der Waals surface area contributed by atoms with Gasteiger partial charge in [0.25, 0.3) is 0 Å². The number of unbranched alkanes of at least 4 members (excludes halogenated alkanes) is 3. The third-order valence-electron chi connectivity index (χ3n) is 5.72. The van der Waals surface area contributed by atoms with Gasteiger partial charge < -0.3 is 0 Å². The van der Waals surface area contributed by atoms with Gasteiger partial charge in [-0.05, 0) is 0 Å². The molecule has 0 saturated heterocycles.